The van der Waals surface area contributed by atoms with E-state index in [9.17, 15) is 4.39 Å². The van der Waals surface area contributed by atoms with E-state index in [1.807, 2.05) is 13.1 Å². The van der Waals surface area contributed by atoms with Crippen LogP contribution in [0.5, 0.6) is 0 Å². The second kappa shape index (κ2) is 3.30. The lowest BCUT2D eigenvalue weighted by Crippen LogP contribution is -2.10. The number of benzene rings is 1. The van der Waals surface area contributed by atoms with Gasteiger partial charge in [0.25, 0.3) is 0 Å². The van der Waals surface area contributed by atoms with Crippen molar-refractivity contribution in [1.82, 2.24) is 5.32 Å². The molecule has 0 bridgehead atoms. The SMILES string of the molecule is CNCC1=Cc2cccc(F)c2C1. The van der Waals surface area contributed by atoms with Gasteiger partial charge in [-0.15, -0.1) is 0 Å². The molecule has 2 rings (SSSR count). The summed E-state index contributed by atoms with van der Waals surface area (Å²) >= 11 is 0. The second-order valence-electron chi connectivity index (χ2n) is 3.32. The lowest BCUT2D eigenvalue weighted by molar-refractivity contribution is 0.613. The number of likely N-dealkylation sites (N-methyl/N-ethyl adjacent to an activating group) is 1. The Balaban J connectivity index is 2.30. The van der Waals surface area contributed by atoms with Crippen LogP contribution >= 0.6 is 0 Å². The van der Waals surface area contributed by atoms with E-state index in [0.29, 0.717) is 0 Å². The van der Waals surface area contributed by atoms with Crippen molar-refractivity contribution in [3.63, 3.8) is 0 Å². The molecule has 2 heteroatoms. The molecule has 0 fully saturated rings. The third-order valence-electron chi connectivity index (χ3n) is 2.32. The summed E-state index contributed by atoms with van der Waals surface area (Å²) in [5.74, 6) is -0.0835. The highest BCUT2D eigenvalue weighted by Gasteiger charge is 2.14. The molecule has 0 aliphatic heterocycles. The quantitative estimate of drug-likeness (QED) is 0.728. The first kappa shape index (κ1) is 8.45. The van der Waals surface area contributed by atoms with Crippen molar-refractivity contribution in [3.05, 3.63) is 40.7 Å². The Morgan fingerprint density at radius 3 is 3.00 bits per heavy atom. The summed E-state index contributed by atoms with van der Waals surface area (Å²) in [4.78, 5) is 0. The number of hydrogen-bond donors (Lipinski definition) is 1. The fourth-order valence-electron chi connectivity index (χ4n) is 1.74. The zero-order chi connectivity index (χ0) is 9.26. The molecule has 1 aromatic carbocycles. The Labute approximate surface area is 77.3 Å². The largest absolute Gasteiger partial charge is 0.316 e. The van der Waals surface area contributed by atoms with E-state index in [4.69, 9.17) is 0 Å². The molecule has 0 amide bonds. The minimum absolute atomic E-state index is 0.0835. The maximum Gasteiger partial charge on any atom is 0.127 e. The van der Waals surface area contributed by atoms with Crippen molar-refractivity contribution in [3.8, 4) is 0 Å². The Morgan fingerprint density at radius 2 is 2.31 bits per heavy atom. The van der Waals surface area contributed by atoms with E-state index in [1.165, 1.54) is 11.6 Å². The van der Waals surface area contributed by atoms with Gasteiger partial charge in [-0.1, -0.05) is 23.8 Å². The molecular weight excluding hydrogens is 165 g/mol. The number of hydrogen-bond acceptors (Lipinski definition) is 1. The van der Waals surface area contributed by atoms with E-state index >= 15 is 0 Å². The highest BCUT2D eigenvalue weighted by Crippen LogP contribution is 2.26. The van der Waals surface area contributed by atoms with Crippen molar-refractivity contribution < 1.29 is 4.39 Å². The topological polar surface area (TPSA) is 12.0 Å². The van der Waals surface area contributed by atoms with E-state index in [1.54, 1.807) is 6.07 Å². The van der Waals surface area contributed by atoms with Crippen LogP contribution in [-0.4, -0.2) is 13.6 Å². The highest BCUT2D eigenvalue weighted by molar-refractivity contribution is 5.64. The molecule has 1 N–H and O–H groups in total. The van der Waals surface area contributed by atoms with Crippen LogP contribution in [-0.2, 0) is 6.42 Å². The monoisotopic (exact) mass is 177 g/mol. The van der Waals surface area contributed by atoms with Crippen LogP contribution in [0.15, 0.2) is 23.8 Å². The first-order valence-corrected chi connectivity index (χ1v) is 4.42. The molecule has 0 saturated carbocycles. The summed E-state index contributed by atoms with van der Waals surface area (Å²) in [6, 6.07) is 5.24. The fourth-order valence-corrected chi connectivity index (χ4v) is 1.74. The fraction of sp³-hybridized carbons (Fsp3) is 0.273. The zero-order valence-electron chi connectivity index (χ0n) is 7.60. The van der Waals surface area contributed by atoms with E-state index < -0.39 is 0 Å². The van der Waals surface area contributed by atoms with Gasteiger partial charge in [-0.3, -0.25) is 0 Å². The molecule has 1 aromatic rings. The third kappa shape index (κ3) is 1.49. The molecule has 0 aromatic heterocycles. The van der Waals surface area contributed by atoms with Crippen molar-refractivity contribution in [2.45, 2.75) is 6.42 Å². The van der Waals surface area contributed by atoms with Gasteiger partial charge >= 0.3 is 0 Å². The summed E-state index contributed by atoms with van der Waals surface area (Å²) in [6.07, 6.45) is 2.82. The van der Waals surface area contributed by atoms with Crippen molar-refractivity contribution >= 4 is 6.08 Å². The first-order chi connectivity index (χ1) is 6.31. The zero-order valence-corrected chi connectivity index (χ0v) is 7.60. The molecule has 1 aliphatic rings. The van der Waals surface area contributed by atoms with Crippen LogP contribution < -0.4 is 5.32 Å². The highest BCUT2D eigenvalue weighted by atomic mass is 19.1. The standard InChI is InChI=1S/C11H12FN/c1-13-7-8-5-9-3-2-4-11(12)10(9)6-8/h2-5,13H,6-7H2,1H3. The normalized spacial score (nSPS) is 14.2. The minimum atomic E-state index is -0.0835. The minimum Gasteiger partial charge on any atom is -0.316 e. The van der Waals surface area contributed by atoms with Crippen LogP contribution in [0.25, 0.3) is 6.08 Å². The van der Waals surface area contributed by atoms with E-state index in [0.717, 1.165) is 24.1 Å². The van der Waals surface area contributed by atoms with Gasteiger partial charge in [-0.25, -0.2) is 4.39 Å². The summed E-state index contributed by atoms with van der Waals surface area (Å²) in [5.41, 5.74) is 3.13. The van der Waals surface area contributed by atoms with Gasteiger partial charge in [0.15, 0.2) is 0 Å². The van der Waals surface area contributed by atoms with Gasteiger partial charge in [0, 0.05) is 6.54 Å². The maximum absolute atomic E-state index is 13.3. The predicted octanol–water partition coefficient (Wildman–Crippen LogP) is 1.98. The lowest BCUT2D eigenvalue weighted by Gasteiger charge is -2.00. The molecule has 0 spiro atoms. The number of rotatable bonds is 2. The molecule has 0 radical (unpaired) electrons. The summed E-state index contributed by atoms with van der Waals surface area (Å²) in [7, 11) is 1.90. The van der Waals surface area contributed by atoms with Gasteiger partial charge in [-0.2, -0.15) is 0 Å². The smallest absolute Gasteiger partial charge is 0.127 e. The lowest BCUT2D eigenvalue weighted by atomic mass is 10.1. The number of halogens is 1. The number of nitrogens with one attached hydrogen (secondary N) is 1. The Bertz CT molecular complexity index is 355. The van der Waals surface area contributed by atoms with Crippen LogP contribution in [0.4, 0.5) is 4.39 Å². The average Bonchev–Trinajstić information content (AvgIpc) is 2.49. The molecule has 0 heterocycles. The van der Waals surface area contributed by atoms with Crippen LogP contribution in [0.2, 0.25) is 0 Å². The van der Waals surface area contributed by atoms with Crippen LogP contribution in [0.3, 0.4) is 0 Å². The Hall–Kier alpha value is -1.15. The third-order valence-corrected chi connectivity index (χ3v) is 2.32. The first-order valence-electron chi connectivity index (χ1n) is 4.42. The van der Waals surface area contributed by atoms with Gasteiger partial charge in [0.1, 0.15) is 5.82 Å². The average molecular weight is 177 g/mol. The molecule has 0 saturated heterocycles. The summed E-state index contributed by atoms with van der Waals surface area (Å²) in [6.45, 7) is 0.841. The molecule has 13 heavy (non-hydrogen) atoms. The van der Waals surface area contributed by atoms with E-state index in [-0.39, 0.29) is 5.82 Å². The second-order valence-corrected chi connectivity index (χ2v) is 3.32. The van der Waals surface area contributed by atoms with Gasteiger partial charge in [-0.05, 0) is 30.7 Å². The van der Waals surface area contributed by atoms with E-state index in [2.05, 4.69) is 11.4 Å². The predicted molar refractivity (Wildman–Crippen MR) is 52.0 cm³/mol. The molecule has 1 aliphatic carbocycles. The van der Waals surface area contributed by atoms with Gasteiger partial charge < -0.3 is 5.32 Å². The molecule has 68 valence electrons. The molecule has 0 unspecified atom stereocenters. The van der Waals surface area contributed by atoms with Crippen LogP contribution in [0, 0.1) is 5.82 Å². The summed E-state index contributed by atoms with van der Waals surface area (Å²) in [5, 5.41) is 3.07. The molecule has 1 nitrogen and oxygen atoms in total. The molecular formula is C11H12FN. The van der Waals surface area contributed by atoms with Crippen molar-refractivity contribution in [2.24, 2.45) is 0 Å². The Kier molecular flexibility index (Phi) is 2.15. The maximum atomic E-state index is 13.3. The van der Waals surface area contributed by atoms with Crippen molar-refractivity contribution in [1.29, 1.82) is 0 Å². The number of fused-ring (bicyclic) bond motifs is 1. The van der Waals surface area contributed by atoms with Gasteiger partial charge in [0.2, 0.25) is 0 Å². The van der Waals surface area contributed by atoms with Crippen molar-refractivity contribution in [2.75, 3.05) is 13.6 Å². The Morgan fingerprint density at radius 1 is 1.46 bits per heavy atom. The van der Waals surface area contributed by atoms with Crippen LogP contribution in [0.1, 0.15) is 11.1 Å². The van der Waals surface area contributed by atoms with Gasteiger partial charge in [0.05, 0.1) is 0 Å². The molecule has 0 atom stereocenters. The summed E-state index contributed by atoms with van der Waals surface area (Å²) < 4.78 is 13.3.